The van der Waals surface area contributed by atoms with Gasteiger partial charge in [-0.2, -0.15) is 5.10 Å². The SMILES string of the molecule is COc1ccc(C2=NN(c3ccccc3)C(c3ccc(N(c4ccccc4)c4ccccc4)cc3)C2)cc1. The molecule has 0 fully saturated rings. The standard InChI is InChI=1S/C34H29N3O/c1-38-32-23-19-26(20-24-32)33-25-34(37(35-33)31-15-9-4-10-16-31)27-17-21-30(22-18-27)36(28-11-5-2-6-12-28)29-13-7-3-8-14-29/h2-24,34H,25H2,1H3. The molecule has 0 N–H and O–H groups in total. The average molecular weight is 496 g/mol. The first-order valence-corrected chi connectivity index (χ1v) is 12.9. The first-order valence-electron chi connectivity index (χ1n) is 12.9. The fourth-order valence-electron chi connectivity index (χ4n) is 4.99. The van der Waals surface area contributed by atoms with Crippen molar-refractivity contribution in [3.05, 3.63) is 151 Å². The molecule has 1 atom stereocenters. The van der Waals surface area contributed by atoms with E-state index in [1.807, 2.05) is 18.2 Å². The molecule has 0 aromatic heterocycles. The van der Waals surface area contributed by atoms with E-state index in [0.717, 1.165) is 46.2 Å². The van der Waals surface area contributed by atoms with Gasteiger partial charge in [-0.05, 0) is 83.9 Å². The predicted octanol–water partition coefficient (Wildman–Crippen LogP) is 8.52. The molecule has 38 heavy (non-hydrogen) atoms. The summed E-state index contributed by atoms with van der Waals surface area (Å²) in [6.45, 7) is 0. The fourth-order valence-corrected chi connectivity index (χ4v) is 4.99. The van der Waals surface area contributed by atoms with Crippen LogP contribution in [0.1, 0.15) is 23.6 Å². The van der Waals surface area contributed by atoms with Gasteiger partial charge in [0.25, 0.3) is 0 Å². The molecule has 1 heterocycles. The highest BCUT2D eigenvalue weighted by molar-refractivity contribution is 6.03. The van der Waals surface area contributed by atoms with Crippen molar-refractivity contribution in [2.45, 2.75) is 12.5 Å². The van der Waals surface area contributed by atoms with Crippen LogP contribution in [0.25, 0.3) is 0 Å². The van der Waals surface area contributed by atoms with E-state index in [-0.39, 0.29) is 6.04 Å². The maximum absolute atomic E-state index is 5.35. The minimum atomic E-state index is 0.102. The van der Waals surface area contributed by atoms with Crippen molar-refractivity contribution < 1.29 is 4.74 Å². The summed E-state index contributed by atoms with van der Waals surface area (Å²) in [7, 11) is 1.69. The van der Waals surface area contributed by atoms with Crippen molar-refractivity contribution in [2.75, 3.05) is 17.0 Å². The Bertz CT molecular complexity index is 1460. The lowest BCUT2D eigenvalue weighted by atomic mass is 9.97. The summed E-state index contributed by atoms with van der Waals surface area (Å²) >= 11 is 0. The van der Waals surface area contributed by atoms with Gasteiger partial charge in [0, 0.05) is 23.5 Å². The number of ether oxygens (including phenoxy) is 1. The van der Waals surface area contributed by atoms with E-state index in [2.05, 4.69) is 131 Å². The van der Waals surface area contributed by atoms with Gasteiger partial charge in [0.15, 0.2) is 0 Å². The molecule has 0 amide bonds. The lowest BCUT2D eigenvalue weighted by Crippen LogP contribution is -2.18. The van der Waals surface area contributed by atoms with Gasteiger partial charge in [0.2, 0.25) is 0 Å². The van der Waals surface area contributed by atoms with Gasteiger partial charge in [-0.15, -0.1) is 0 Å². The predicted molar refractivity (Wildman–Crippen MR) is 157 cm³/mol. The van der Waals surface area contributed by atoms with E-state index in [1.54, 1.807) is 7.11 Å². The van der Waals surface area contributed by atoms with Crippen LogP contribution in [0.5, 0.6) is 5.75 Å². The molecule has 0 radical (unpaired) electrons. The number of hydrazone groups is 1. The minimum absolute atomic E-state index is 0.102. The summed E-state index contributed by atoms with van der Waals surface area (Å²) in [6, 6.07) is 48.6. The molecule has 1 unspecified atom stereocenters. The molecule has 4 nitrogen and oxygen atoms in total. The van der Waals surface area contributed by atoms with Crippen LogP contribution in [-0.4, -0.2) is 12.8 Å². The molecule has 5 aromatic carbocycles. The van der Waals surface area contributed by atoms with E-state index in [4.69, 9.17) is 9.84 Å². The number of rotatable bonds is 7. The molecule has 0 saturated carbocycles. The summed E-state index contributed by atoms with van der Waals surface area (Å²) in [5.41, 5.74) is 7.87. The molecule has 1 aliphatic heterocycles. The van der Waals surface area contributed by atoms with Crippen molar-refractivity contribution in [2.24, 2.45) is 5.10 Å². The Morgan fingerprint density at radius 2 is 1.16 bits per heavy atom. The van der Waals surface area contributed by atoms with E-state index < -0.39 is 0 Å². The van der Waals surface area contributed by atoms with Crippen molar-refractivity contribution in [3.63, 3.8) is 0 Å². The Labute approximate surface area is 224 Å². The summed E-state index contributed by atoms with van der Waals surface area (Å²) < 4.78 is 5.35. The largest absolute Gasteiger partial charge is 0.497 e. The fraction of sp³-hybridized carbons (Fsp3) is 0.0882. The van der Waals surface area contributed by atoms with Gasteiger partial charge in [-0.25, -0.2) is 0 Å². The van der Waals surface area contributed by atoms with E-state index in [1.165, 1.54) is 5.56 Å². The number of nitrogens with zero attached hydrogens (tertiary/aromatic N) is 3. The highest BCUT2D eigenvalue weighted by atomic mass is 16.5. The maximum atomic E-state index is 5.35. The Morgan fingerprint density at radius 3 is 1.71 bits per heavy atom. The van der Waals surface area contributed by atoms with Crippen LogP contribution in [-0.2, 0) is 0 Å². The zero-order chi connectivity index (χ0) is 25.7. The summed E-state index contributed by atoms with van der Waals surface area (Å²) in [4.78, 5) is 2.28. The van der Waals surface area contributed by atoms with Gasteiger partial charge in [0.1, 0.15) is 5.75 Å². The number of benzene rings is 5. The van der Waals surface area contributed by atoms with Gasteiger partial charge in [-0.3, -0.25) is 5.01 Å². The van der Waals surface area contributed by atoms with Crippen molar-refractivity contribution in [3.8, 4) is 5.75 Å². The average Bonchev–Trinajstić information content (AvgIpc) is 3.45. The molecule has 0 spiro atoms. The summed E-state index contributed by atoms with van der Waals surface area (Å²) in [6.07, 6.45) is 0.821. The van der Waals surface area contributed by atoms with E-state index >= 15 is 0 Å². The third kappa shape index (κ3) is 4.76. The van der Waals surface area contributed by atoms with Crippen LogP contribution in [0.15, 0.2) is 145 Å². The quantitative estimate of drug-likeness (QED) is 0.226. The Hall–Kier alpha value is -4.83. The second-order valence-electron chi connectivity index (χ2n) is 9.27. The molecule has 186 valence electrons. The minimum Gasteiger partial charge on any atom is -0.497 e. The summed E-state index contributed by atoms with van der Waals surface area (Å²) in [5, 5.41) is 7.25. The topological polar surface area (TPSA) is 28.1 Å². The normalized spacial score (nSPS) is 14.7. The second kappa shape index (κ2) is 10.7. The van der Waals surface area contributed by atoms with Crippen molar-refractivity contribution in [1.29, 1.82) is 0 Å². The zero-order valence-electron chi connectivity index (χ0n) is 21.3. The lowest BCUT2D eigenvalue weighted by Gasteiger charge is -2.27. The van der Waals surface area contributed by atoms with Crippen LogP contribution in [0.4, 0.5) is 22.7 Å². The molecular formula is C34H29N3O. The molecule has 1 aliphatic rings. The van der Waals surface area contributed by atoms with Gasteiger partial charge in [0.05, 0.1) is 24.6 Å². The molecule has 0 bridgehead atoms. The second-order valence-corrected chi connectivity index (χ2v) is 9.27. The Kier molecular flexibility index (Phi) is 6.60. The highest BCUT2D eigenvalue weighted by Crippen LogP contribution is 2.39. The number of hydrogen-bond donors (Lipinski definition) is 0. The molecule has 4 heteroatoms. The van der Waals surface area contributed by atoms with Crippen LogP contribution in [0.3, 0.4) is 0 Å². The van der Waals surface area contributed by atoms with Crippen molar-refractivity contribution >= 4 is 28.5 Å². The van der Waals surface area contributed by atoms with E-state index in [9.17, 15) is 0 Å². The molecule has 6 rings (SSSR count). The van der Waals surface area contributed by atoms with Crippen molar-refractivity contribution in [1.82, 2.24) is 0 Å². The smallest absolute Gasteiger partial charge is 0.118 e. The van der Waals surface area contributed by atoms with E-state index in [0.29, 0.717) is 0 Å². The monoisotopic (exact) mass is 495 g/mol. The third-order valence-corrected chi connectivity index (χ3v) is 6.92. The first-order chi connectivity index (χ1) is 18.8. The molecule has 0 saturated heterocycles. The van der Waals surface area contributed by atoms with Crippen LogP contribution < -0.4 is 14.6 Å². The third-order valence-electron chi connectivity index (χ3n) is 6.92. The number of hydrogen-bond acceptors (Lipinski definition) is 4. The van der Waals surface area contributed by atoms with Crippen LogP contribution >= 0.6 is 0 Å². The molecular weight excluding hydrogens is 466 g/mol. The Morgan fingerprint density at radius 1 is 0.632 bits per heavy atom. The summed E-state index contributed by atoms with van der Waals surface area (Å²) in [5.74, 6) is 0.848. The molecule has 0 aliphatic carbocycles. The maximum Gasteiger partial charge on any atom is 0.118 e. The Balaban J connectivity index is 1.34. The van der Waals surface area contributed by atoms with Crippen LogP contribution in [0.2, 0.25) is 0 Å². The number of methoxy groups -OCH3 is 1. The number of anilines is 4. The highest BCUT2D eigenvalue weighted by Gasteiger charge is 2.30. The van der Waals surface area contributed by atoms with Gasteiger partial charge < -0.3 is 9.64 Å². The first kappa shape index (κ1) is 23.6. The van der Waals surface area contributed by atoms with Gasteiger partial charge in [-0.1, -0.05) is 66.7 Å². The lowest BCUT2D eigenvalue weighted by molar-refractivity contribution is 0.415. The zero-order valence-corrected chi connectivity index (χ0v) is 21.3. The molecule has 5 aromatic rings. The number of para-hydroxylation sites is 3. The van der Waals surface area contributed by atoms with Crippen LogP contribution in [0, 0.1) is 0 Å². The van der Waals surface area contributed by atoms with Gasteiger partial charge >= 0.3 is 0 Å².